The summed E-state index contributed by atoms with van der Waals surface area (Å²) >= 11 is 0. The summed E-state index contributed by atoms with van der Waals surface area (Å²) in [5.41, 5.74) is 3.07. The second kappa shape index (κ2) is 11.2. The normalized spacial score (nSPS) is 18.8. The molecule has 2 aromatic carbocycles. The molecular weight excluding hydrogens is 582 g/mol. The van der Waals surface area contributed by atoms with Crippen molar-refractivity contribution < 1.29 is 31.8 Å². The summed E-state index contributed by atoms with van der Waals surface area (Å²) in [6.07, 6.45) is 3.04. The second-order valence-electron chi connectivity index (χ2n) is 10.9. The van der Waals surface area contributed by atoms with E-state index in [1.165, 1.54) is 15.1 Å². The standard InChI is InChI=1S/C29H30F2N6O5S/c1-17-7-8-18(22(14-26(38)39)19-12-23-27(35(2)34-33-23)24(13-19)42-29(30)31)11-20(17)15-36-16-21-5-4-10-37(21)28-25(43(36,40)41)6-3-9-32-28/h3,6-9,11-13,21-22,29H,4-5,10,14-16H2,1-2H3,(H,38,39)/t21-,22+/m1/s1. The van der Waals surface area contributed by atoms with E-state index >= 15 is 0 Å². The number of sulfonamides is 1. The lowest BCUT2D eigenvalue weighted by atomic mass is 9.86. The van der Waals surface area contributed by atoms with Crippen LogP contribution in [0.4, 0.5) is 14.6 Å². The highest BCUT2D eigenvalue weighted by molar-refractivity contribution is 7.89. The number of benzene rings is 2. The number of carboxylic acids is 1. The van der Waals surface area contributed by atoms with Crippen LogP contribution in [0, 0.1) is 6.92 Å². The monoisotopic (exact) mass is 612 g/mol. The summed E-state index contributed by atoms with van der Waals surface area (Å²) in [5.74, 6) is -1.55. The second-order valence-corrected chi connectivity index (χ2v) is 12.8. The third kappa shape index (κ3) is 5.40. The lowest BCUT2D eigenvalue weighted by Crippen LogP contribution is -2.39. The number of halogens is 2. The predicted octanol–water partition coefficient (Wildman–Crippen LogP) is 4.05. The SMILES string of the molecule is Cc1ccc([C@H](CC(=O)O)c2cc(OC(F)F)c3c(c2)nnn3C)cc1CN1C[C@H]2CCCN2c2ncccc2S1(=O)=O. The van der Waals surface area contributed by atoms with Crippen molar-refractivity contribution in [2.75, 3.05) is 18.0 Å². The Kier molecular flexibility index (Phi) is 7.50. The number of aromatic nitrogens is 4. The fourth-order valence-corrected chi connectivity index (χ4v) is 7.77. The molecule has 0 unspecified atom stereocenters. The summed E-state index contributed by atoms with van der Waals surface area (Å²) in [4.78, 5) is 18.7. The van der Waals surface area contributed by atoms with Crippen LogP contribution in [0.5, 0.6) is 5.75 Å². The zero-order valence-corrected chi connectivity index (χ0v) is 24.3. The van der Waals surface area contributed by atoms with E-state index in [1.54, 1.807) is 43.6 Å². The Morgan fingerprint density at radius 1 is 1.19 bits per heavy atom. The summed E-state index contributed by atoms with van der Waals surface area (Å²) in [6.45, 7) is -0.143. The van der Waals surface area contributed by atoms with Crippen molar-refractivity contribution in [2.45, 2.75) is 56.2 Å². The Bertz CT molecular complexity index is 1810. The molecule has 2 aliphatic heterocycles. The van der Waals surface area contributed by atoms with Gasteiger partial charge in [0.2, 0.25) is 10.0 Å². The van der Waals surface area contributed by atoms with Crippen LogP contribution in [0.25, 0.3) is 11.0 Å². The zero-order chi connectivity index (χ0) is 30.5. The number of pyridine rings is 1. The van der Waals surface area contributed by atoms with Crippen molar-refractivity contribution in [2.24, 2.45) is 7.05 Å². The highest BCUT2D eigenvalue weighted by atomic mass is 32.2. The van der Waals surface area contributed by atoms with Crippen LogP contribution in [0.15, 0.2) is 53.6 Å². The molecule has 0 bridgehead atoms. The van der Waals surface area contributed by atoms with Crippen molar-refractivity contribution in [1.82, 2.24) is 24.3 Å². The highest BCUT2D eigenvalue weighted by Gasteiger charge is 2.40. The van der Waals surface area contributed by atoms with Crippen molar-refractivity contribution in [3.8, 4) is 5.75 Å². The Morgan fingerprint density at radius 3 is 2.77 bits per heavy atom. The van der Waals surface area contributed by atoms with Crippen LogP contribution in [-0.2, 0) is 28.4 Å². The fourth-order valence-electron chi connectivity index (χ4n) is 6.16. The van der Waals surface area contributed by atoms with Gasteiger partial charge in [-0.3, -0.25) is 4.79 Å². The van der Waals surface area contributed by atoms with Crippen LogP contribution < -0.4 is 9.64 Å². The molecule has 14 heteroatoms. The van der Waals surface area contributed by atoms with Crippen molar-refractivity contribution in [3.05, 3.63) is 70.9 Å². The van der Waals surface area contributed by atoms with Gasteiger partial charge in [-0.05, 0) is 66.3 Å². The molecule has 0 spiro atoms. The van der Waals surface area contributed by atoms with E-state index in [0.29, 0.717) is 29.1 Å². The average molecular weight is 613 g/mol. The van der Waals surface area contributed by atoms with E-state index in [4.69, 9.17) is 4.74 Å². The minimum Gasteiger partial charge on any atom is -0.481 e. The zero-order valence-electron chi connectivity index (χ0n) is 23.5. The molecule has 1 N–H and O–H groups in total. The Balaban J connectivity index is 1.40. The van der Waals surface area contributed by atoms with Crippen LogP contribution in [0.3, 0.4) is 0 Å². The highest BCUT2D eigenvalue weighted by Crippen LogP contribution is 2.38. The van der Waals surface area contributed by atoms with E-state index < -0.39 is 28.5 Å². The van der Waals surface area contributed by atoms with Crippen molar-refractivity contribution in [3.63, 3.8) is 0 Å². The molecule has 1 saturated heterocycles. The molecule has 6 rings (SSSR count). The van der Waals surface area contributed by atoms with Gasteiger partial charge in [0.15, 0.2) is 5.75 Å². The summed E-state index contributed by atoms with van der Waals surface area (Å²) in [7, 11) is -2.34. The van der Waals surface area contributed by atoms with Crippen LogP contribution in [0.1, 0.15) is 47.4 Å². The minimum atomic E-state index is -3.89. The number of alkyl halides is 2. The summed E-state index contributed by atoms with van der Waals surface area (Å²) in [5, 5.41) is 17.8. The summed E-state index contributed by atoms with van der Waals surface area (Å²) < 4.78 is 62.0. The van der Waals surface area contributed by atoms with Crippen LogP contribution in [0.2, 0.25) is 0 Å². The molecule has 2 atom stereocenters. The number of carboxylic acid groups (broad SMARTS) is 1. The molecule has 0 saturated carbocycles. The number of fused-ring (bicyclic) bond motifs is 4. The van der Waals surface area contributed by atoms with E-state index in [2.05, 4.69) is 20.2 Å². The largest absolute Gasteiger partial charge is 0.481 e. The van der Waals surface area contributed by atoms with Gasteiger partial charge in [0, 0.05) is 44.8 Å². The first-order valence-electron chi connectivity index (χ1n) is 13.8. The van der Waals surface area contributed by atoms with Gasteiger partial charge >= 0.3 is 12.6 Å². The molecular formula is C29H30F2N6O5S. The third-order valence-electron chi connectivity index (χ3n) is 8.24. The molecule has 0 radical (unpaired) electrons. The topological polar surface area (TPSA) is 131 Å². The number of hydrogen-bond acceptors (Lipinski definition) is 8. The molecule has 4 aromatic rings. The predicted molar refractivity (Wildman–Crippen MR) is 153 cm³/mol. The van der Waals surface area contributed by atoms with E-state index in [9.17, 15) is 27.1 Å². The number of nitrogens with zero attached hydrogens (tertiary/aromatic N) is 6. The maximum absolute atomic E-state index is 13.9. The fraction of sp³-hybridized carbons (Fsp3) is 0.379. The summed E-state index contributed by atoms with van der Waals surface area (Å²) in [6, 6.07) is 11.6. The third-order valence-corrected chi connectivity index (χ3v) is 10.1. The molecule has 1 fully saturated rings. The Labute approximate surface area is 246 Å². The average Bonchev–Trinajstić information content (AvgIpc) is 3.56. The van der Waals surface area contributed by atoms with Gasteiger partial charge in [0.05, 0.1) is 6.42 Å². The molecule has 2 aliphatic rings. The number of aliphatic carboxylic acids is 1. The first-order valence-corrected chi connectivity index (χ1v) is 15.3. The molecule has 226 valence electrons. The first kappa shape index (κ1) is 28.9. The number of aryl methyl sites for hydroxylation is 2. The molecule has 2 aromatic heterocycles. The number of anilines is 1. The Hall–Kier alpha value is -4.17. The maximum Gasteiger partial charge on any atom is 0.387 e. The maximum atomic E-state index is 13.9. The molecule has 11 nitrogen and oxygen atoms in total. The molecule has 0 amide bonds. The number of ether oxygens (including phenoxy) is 1. The number of carbonyl (C=O) groups is 1. The smallest absolute Gasteiger partial charge is 0.387 e. The molecule has 0 aliphatic carbocycles. The van der Waals surface area contributed by atoms with Gasteiger partial charge in [0.25, 0.3) is 0 Å². The van der Waals surface area contributed by atoms with Crippen LogP contribution in [-0.4, -0.2) is 69.5 Å². The molecule has 4 heterocycles. The van der Waals surface area contributed by atoms with E-state index in [0.717, 1.165) is 24.9 Å². The van der Waals surface area contributed by atoms with E-state index in [1.807, 2.05) is 13.0 Å². The van der Waals surface area contributed by atoms with Gasteiger partial charge in [-0.15, -0.1) is 5.10 Å². The molecule has 43 heavy (non-hydrogen) atoms. The minimum absolute atomic E-state index is 0.0128. The number of rotatable bonds is 8. The van der Waals surface area contributed by atoms with E-state index in [-0.39, 0.29) is 40.7 Å². The quantitative estimate of drug-likeness (QED) is 0.313. The van der Waals surface area contributed by atoms with Gasteiger partial charge in [0.1, 0.15) is 21.7 Å². The van der Waals surface area contributed by atoms with Gasteiger partial charge < -0.3 is 14.7 Å². The van der Waals surface area contributed by atoms with Crippen molar-refractivity contribution in [1.29, 1.82) is 0 Å². The lowest BCUT2D eigenvalue weighted by Gasteiger charge is -2.26. The van der Waals surface area contributed by atoms with Crippen LogP contribution >= 0.6 is 0 Å². The lowest BCUT2D eigenvalue weighted by molar-refractivity contribution is -0.137. The van der Waals surface area contributed by atoms with Gasteiger partial charge in [-0.1, -0.05) is 23.4 Å². The number of hydrogen-bond donors (Lipinski definition) is 1. The van der Waals surface area contributed by atoms with Crippen molar-refractivity contribution >= 4 is 32.8 Å². The van der Waals surface area contributed by atoms with Gasteiger partial charge in [-0.2, -0.15) is 13.1 Å². The first-order chi connectivity index (χ1) is 20.5. The Morgan fingerprint density at radius 2 is 2.00 bits per heavy atom. The van der Waals surface area contributed by atoms with Gasteiger partial charge in [-0.25, -0.2) is 18.1 Å².